The Balaban J connectivity index is 1.45. The summed E-state index contributed by atoms with van der Waals surface area (Å²) in [6.45, 7) is 7.98. The van der Waals surface area contributed by atoms with Crippen LogP contribution in [0.15, 0.2) is 59.1 Å². The van der Waals surface area contributed by atoms with Crippen molar-refractivity contribution in [2.24, 2.45) is 5.92 Å². The highest BCUT2D eigenvalue weighted by atomic mass is 19.1. The van der Waals surface area contributed by atoms with E-state index in [1.165, 1.54) is 6.08 Å². The zero-order valence-electron chi connectivity index (χ0n) is 23.6. The van der Waals surface area contributed by atoms with Crippen LogP contribution in [-0.4, -0.2) is 66.0 Å². The summed E-state index contributed by atoms with van der Waals surface area (Å²) < 4.78 is 25.3. The molecule has 0 unspecified atom stereocenters. The maximum Gasteiger partial charge on any atom is 0.325 e. The number of hydrogen-bond donors (Lipinski definition) is 0. The standard InChI is InChI=1S/C31H38FN3O4/c1-6-35-30(37)34-19-23-17-24(38-4)18-27(39-5)25(23)14-20(2)15-28(34)31(35)10-12-33(13-11-31)29(36)22-8-7-9-26(32)21(3)16-22/h7,9,15-18,20H,6,8,10-14,19H2,1-5H3/b28-15-/t20-/m1/s1. The average molecular weight is 536 g/mol. The molecule has 0 aromatic heterocycles. The predicted octanol–water partition coefficient (Wildman–Crippen LogP) is 5.53. The maximum absolute atomic E-state index is 14.0. The van der Waals surface area contributed by atoms with Gasteiger partial charge in [0.25, 0.3) is 0 Å². The van der Waals surface area contributed by atoms with E-state index in [0.29, 0.717) is 62.3 Å². The molecule has 1 aliphatic carbocycles. The molecule has 208 valence electrons. The van der Waals surface area contributed by atoms with E-state index in [-0.39, 0.29) is 23.7 Å². The van der Waals surface area contributed by atoms with Crippen LogP contribution in [0.2, 0.25) is 0 Å². The highest BCUT2D eigenvalue weighted by Gasteiger charge is 2.54. The second-order valence-electron chi connectivity index (χ2n) is 10.9. The minimum Gasteiger partial charge on any atom is -0.497 e. The number of fused-ring (bicyclic) bond motifs is 3. The third-order valence-corrected chi connectivity index (χ3v) is 8.61. The Labute approximate surface area is 230 Å². The molecule has 0 saturated carbocycles. The van der Waals surface area contributed by atoms with E-state index in [9.17, 15) is 14.0 Å². The van der Waals surface area contributed by atoms with Crippen LogP contribution >= 0.6 is 0 Å². The molecule has 39 heavy (non-hydrogen) atoms. The number of nitrogens with zero attached hydrogens (tertiary/aromatic N) is 3. The second-order valence-corrected chi connectivity index (χ2v) is 10.9. The number of methoxy groups -OCH3 is 2. The minimum absolute atomic E-state index is 0.00165. The molecule has 1 atom stereocenters. The molecule has 1 aromatic rings. The van der Waals surface area contributed by atoms with Crippen molar-refractivity contribution in [3.8, 4) is 11.5 Å². The molecule has 5 rings (SSSR count). The first kappa shape index (κ1) is 27.0. The first-order chi connectivity index (χ1) is 18.7. The van der Waals surface area contributed by atoms with Gasteiger partial charge in [0.05, 0.1) is 26.3 Å². The van der Waals surface area contributed by atoms with E-state index in [0.717, 1.165) is 29.0 Å². The number of urea groups is 1. The average Bonchev–Trinajstić information content (AvgIpc) is 3.01. The molecule has 7 nitrogen and oxygen atoms in total. The number of rotatable bonds is 4. The van der Waals surface area contributed by atoms with E-state index in [4.69, 9.17) is 9.47 Å². The van der Waals surface area contributed by atoms with Gasteiger partial charge < -0.3 is 19.3 Å². The Morgan fingerprint density at radius 1 is 1.18 bits per heavy atom. The zero-order valence-corrected chi connectivity index (χ0v) is 23.6. The topological polar surface area (TPSA) is 62.3 Å². The lowest BCUT2D eigenvalue weighted by Crippen LogP contribution is -2.54. The Hall–Kier alpha value is -3.55. The second kappa shape index (κ2) is 10.5. The summed E-state index contributed by atoms with van der Waals surface area (Å²) in [5, 5.41) is 0. The predicted molar refractivity (Wildman–Crippen MR) is 148 cm³/mol. The SMILES string of the molecule is CCN1C(=O)N2Cc3cc(OC)cc(OC)c3C[C@@H](C)/C=C\2C12CCN(C(=O)C1=CC(C)=C(F)C=CC1)CC2. The van der Waals surface area contributed by atoms with E-state index < -0.39 is 5.54 Å². The molecule has 0 N–H and O–H groups in total. The fraction of sp³-hybridized carbons (Fsp3) is 0.484. The third-order valence-electron chi connectivity index (χ3n) is 8.61. The van der Waals surface area contributed by atoms with Crippen molar-refractivity contribution in [3.05, 3.63) is 70.2 Å². The molecule has 3 amide bonds. The smallest absolute Gasteiger partial charge is 0.325 e. The molecular formula is C31H38FN3O4. The molecule has 2 fully saturated rings. The van der Waals surface area contributed by atoms with Crippen molar-refractivity contribution in [3.63, 3.8) is 0 Å². The summed E-state index contributed by atoms with van der Waals surface area (Å²) in [7, 11) is 3.30. The van der Waals surface area contributed by atoms with Crippen LogP contribution in [-0.2, 0) is 17.8 Å². The third kappa shape index (κ3) is 4.64. The fourth-order valence-corrected chi connectivity index (χ4v) is 6.59. The normalized spacial score (nSPS) is 23.9. The van der Waals surface area contributed by atoms with Gasteiger partial charge in [-0.15, -0.1) is 0 Å². The Kier molecular flexibility index (Phi) is 7.31. The van der Waals surface area contributed by atoms with E-state index >= 15 is 0 Å². The molecule has 1 spiro atoms. The van der Waals surface area contributed by atoms with Gasteiger partial charge in [0, 0.05) is 37.0 Å². The summed E-state index contributed by atoms with van der Waals surface area (Å²) in [6.07, 6.45) is 9.59. The van der Waals surface area contributed by atoms with Crippen molar-refractivity contribution in [2.45, 2.75) is 58.5 Å². The molecule has 0 bridgehead atoms. The van der Waals surface area contributed by atoms with Crippen molar-refractivity contribution in [1.29, 1.82) is 0 Å². The van der Waals surface area contributed by atoms with E-state index in [1.807, 2.05) is 33.8 Å². The molecule has 3 heterocycles. The molecule has 2 saturated heterocycles. The summed E-state index contributed by atoms with van der Waals surface area (Å²) in [6, 6.07) is 3.91. The lowest BCUT2D eigenvalue weighted by Gasteiger charge is -2.44. The number of amides is 3. The van der Waals surface area contributed by atoms with Crippen LogP contribution in [0.3, 0.4) is 0 Å². The maximum atomic E-state index is 14.0. The minimum atomic E-state index is -0.461. The number of piperidine rings is 1. The van der Waals surface area contributed by atoms with E-state index in [2.05, 4.69) is 13.0 Å². The van der Waals surface area contributed by atoms with Gasteiger partial charge in [-0.1, -0.05) is 19.1 Å². The number of hydrogen-bond acceptors (Lipinski definition) is 4. The van der Waals surface area contributed by atoms with Crippen LogP contribution in [0, 0.1) is 5.92 Å². The summed E-state index contributed by atoms with van der Waals surface area (Å²) in [5.74, 6) is 1.30. The summed E-state index contributed by atoms with van der Waals surface area (Å²) >= 11 is 0. The van der Waals surface area contributed by atoms with Crippen molar-refractivity contribution in [1.82, 2.24) is 14.7 Å². The van der Waals surface area contributed by atoms with Gasteiger partial charge >= 0.3 is 6.03 Å². The first-order valence-electron chi connectivity index (χ1n) is 13.8. The van der Waals surface area contributed by atoms with Crippen molar-refractivity contribution < 1.29 is 23.5 Å². The largest absolute Gasteiger partial charge is 0.497 e. The highest BCUT2D eigenvalue weighted by Crippen LogP contribution is 2.47. The van der Waals surface area contributed by atoms with Gasteiger partial charge in [-0.3, -0.25) is 9.69 Å². The number of allylic oxidation sites excluding steroid dienone is 6. The Bertz CT molecular complexity index is 1300. The van der Waals surface area contributed by atoms with E-state index in [1.54, 1.807) is 33.3 Å². The van der Waals surface area contributed by atoms with Crippen molar-refractivity contribution >= 4 is 11.9 Å². The lowest BCUT2D eigenvalue weighted by atomic mass is 9.80. The Morgan fingerprint density at radius 3 is 2.59 bits per heavy atom. The number of benzene rings is 1. The van der Waals surface area contributed by atoms with Gasteiger partial charge in [0.1, 0.15) is 17.3 Å². The van der Waals surface area contributed by atoms with Gasteiger partial charge in [-0.25, -0.2) is 9.18 Å². The highest BCUT2D eigenvalue weighted by molar-refractivity contribution is 5.94. The number of halogens is 1. The number of ether oxygens (including phenoxy) is 2. The molecule has 3 aliphatic heterocycles. The first-order valence-corrected chi connectivity index (χ1v) is 13.8. The number of carbonyl (C=O) groups is 2. The monoisotopic (exact) mass is 535 g/mol. The molecular weight excluding hydrogens is 497 g/mol. The molecule has 4 aliphatic rings. The quantitative estimate of drug-likeness (QED) is 0.509. The van der Waals surface area contributed by atoms with Gasteiger partial charge in [0.2, 0.25) is 5.91 Å². The Morgan fingerprint density at radius 2 is 1.92 bits per heavy atom. The van der Waals surface area contributed by atoms with Gasteiger partial charge in [-0.05, 0) is 80.4 Å². The molecule has 1 aromatic carbocycles. The molecule has 8 heteroatoms. The zero-order chi connectivity index (χ0) is 27.9. The van der Waals surface area contributed by atoms with Crippen LogP contribution < -0.4 is 9.47 Å². The molecule has 0 radical (unpaired) electrons. The summed E-state index contributed by atoms with van der Waals surface area (Å²) in [5.41, 5.74) is 3.78. The van der Waals surface area contributed by atoms with Crippen LogP contribution in [0.25, 0.3) is 0 Å². The van der Waals surface area contributed by atoms with Crippen LogP contribution in [0.4, 0.5) is 9.18 Å². The number of carbonyl (C=O) groups excluding carboxylic acids is 2. The fourth-order valence-electron chi connectivity index (χ4n) is 6.59. The van der Waals surface area contributed by atoms with Crippen LogP contribution in [0.5, 0.6) is 11.5 Å². The number of likely N-dealkylation sites (tertiary alicyclic amines) is 1. The van der Waals surface area contributed by atoms with Gasteiger partial charge in [0.15, 0.2) is 0 Å². The summed E-state index contributed by atoms with van der Waals surface area (Å²) in [4.78, 5) is 33.1. The van der Waals surface area contributed by atoms with Gasteiger partial charge in [-0.2, -0.15) is 0 Å². The van der Waals surface area contributed by atoms with Crippen molar-refractivity contribution in [2.75, 3.05) is 33.9 Å². The lowest BCUT2D eigenvalue weighted by molar-refractivity contribution is -0.129. The number of likely N-dealkylation sites (N-methyl/N-ethyl adjacent to an activating group) is 1. The van der Waals surface area contributed by atoms with Crippen LogP contribution in [0.1, 0.15) is 51.2 Å².